The molecule has 0 radical (unpaired) electrons. The Labute approximate surface area is 230 Å². The predicted molar refractivity (Wildman–Crippen MR) is 133 cm³/mol. The van der Waals surface area contributed by atoms with Gasteiger partial charge in [-0.05, 0) is 37.3 Å². The molecule has 40 heavy (non-hydrogen) atoms. The highest BCUT2D eigenvalue weighted by molar-refractivity contribution is 6.31. The minimum absolute atomic E-state index is 0.0301. The number of anilines is 1. The highest BCUT2D eigenvalue weighted by Crippen LogP contribution is 2.62. The number of amides is 2. The molecule has 0 spiro atoms. The number of pyridine rings is 2. The van der Waals surface area contributed by atoms with Crippen LogP contribution in [0.3, 0.4) is 0 Å². The van der Waals surface area contributed by atoms with Crippen LogP contribution < -0.4 is 9.64 Å². The molecule has 3 aliphatic heterocycles. The molecule has 3 fully saturated rings. The van der Waals surface area contributed by atoms with Gasteiger partial charge in [-0.25, -0.2) is 9.88 Å². The van der Waals surface area contributed by atoms with Crippen molar-refractivity contribution >= 4 is 40.0 Å². The van der Waals surface area contributed by atoms with E-state index in [4.69, 9.17) is 21.1 Å². The number of nitriles is 1. The lowest BCUT2D eigenvalue weighted by molar-refractivity contribution is -0.138. The van der Waals surface area contributed by atoms with Crippen molar-refractivity contribution in [3.05, 3.63) is 58.9 Å². The van der Waals surface area contributed by atoms with Crippen LogP contribution >= 0.6 is 11.6 Å². The number of fused-ring (bicyclic) bond motifs is 6. The Balaban J connectivity index is 1.31. The van der Waals surface area contributed by atoms with E-state index in [2.05, 4.69) is 16.0 Å². The normalized spacial score (nSPS) is 29.2. The number of halogens is 4. The topological polar surface area (TPSA) is 126 Å². The third-order valence-electron chi connectivity index (χ3n) is 8.12. The molecule has 2 amide bonds. The Morgan fingerprint density at radius 2 is 2.00 bits per heavy atom. The molecule has 5 heterocycles. The van der Waals surface area contributed by atoms with E-state index < -0.39 is 52.7 Å². The zero-order valence-electron chi connectivity index (χ0n) is 20.8. The molecular weight excluding hydrogens is 553 g/mol. The third-order valence-corrected chi connectivity index (χ3v) is 8.39. The van der Waals surface area contributed by atoms with Gasteiger partial charge in [0.1, 0.15) is 16.7 Å². The Kier molecular flexibility index (Phi) is 5.85. The van der Waals surface area contributed by atoms with Crippen molar-refractivity contribution in [1.82, 2.24) is 9.97 Å². The van der Waals surface area contributed by atoms with Crippen LogP contribution in [0.4, 0.5) is 18.9 Å². The fraction of sp³-hybridized carbons (Fsp3) is 0.370. The SMILES string of the molecule is CC12OC(CCOc3ncc(C(F)(F)F)cc3Cl)(CC1O)C1C(=O)N(c3ccc(C#N)c4ncccc34)C(=O)C12. The van der Waals surface area contributed by atoms with E-state index in [0.717, 1.165) is 4.90 Å². The fourth-order valence-electron chi connectivity index (χ4n) is 6.31. The van der Waals surface area contributed by atoms with Gasteiger partial charge in [-0.1, -0.05) is 11.6 Å². The number of rotatable bonds is 5. The minimum atomic E-state index is -4.62. The number of aromatic nitrogens is 2. The van der Waals surface area contributed by atoms with Crippen molar-refractivity contribution in [2.24, 2.45) is 11.8 Å². The summed E-state index contributed by atoms with van der Waals surface area (Å²) in [5, 5.41) is 20.5. The summed E-state index contributed by atoms with van der Waals surface area (Å²) in [6.07, 6.45) is -3.49. The van der Waals surface area contributed by atoms with Crippen LogP contribution in [0.5, 0.6) is 5.88 Å². The van der Waals surface area contributed by atoms with Gasteiger partial charge in [-0.3, -0.25) is 14.6 Å². The maximum Gasteiger partial charge on any atom is 0.417 e. The molecule has 1 aromatic carbocycles. The largest absolute Gasteiger partial charge is 0.476 e. The number of nitrogens with zero attached hydrogens (tertiary/aromatic N) is 4. The lowest BCUT2D eigenvalue weighted by Crippen LogP contribution is -2.49. The minimum Gasteiger partial charge on any atom is -0.476 e. The van der Waals surface area contributed by atoms with Crippen LogP contribution in [-0.4, -0.2) is 50.8 Å². The van der Waals surface area contributed by atoms with Crippen LogP contribution in [0.25, 0.3) is 10.9 Å². The molecule has 206 valence electrons. The standard InChI is InChI=1S/C27H20ClF3N4O5/c1-25-18(36)10-26(40-25,6-8-39-22-16(28)9-14(12-34-22)27(29,30)31)20-19(25)23(37)35(24(20)38)17-5-4-13(11-32)21-15(17)3-2-7-33-21/h2-5,7,9,12,18-20,36H,6,8,10H2,1H3. The van der Waals surface area contributed by atoms with Crippen LogP contribution in [0.1, 0.15) is 30.9 Å². The number of ether oxygens (including phenoxy) is 2. The van der Waals surface area contributed by atoms with Crippen LogP contribution in [0.2, 0.25) is 5.02 Å². The monoisotopic (exact) mass is 572 g/mol. The molecule has 3 aliphatic rings. The number of hydrogen-bond acceptors (Lipinski definition) is 8. The van der Waals surface area contributed by atoms with E-state index in [1.165, 1.54) is 18.3 Å². The van der Waals surface area contributed by atoms with Crippen LogP contribution in [0, 0.1) is 23.2 Å². The van der Waals surface area contributed by atoms with Gasteiger partial charge in [0.2, 0.25) is 17.7 Å². The van der Waals surface area contributed by atoms with Gasteiger partial charge in [0.25, 0.3) is 0 Å². The predicted octanol–water partition coefficient (Wildman–Crippen LogP) is 4.04. The molecule has 0 aliphatic carbocycles. The molecule has 2 aromatic heterocycles. The summed E-state index contributed by atoms with van der Waals surface area (Å²) in [4.78, 5) is 36.7. The first-order valence-corrected chi connectivity index (χ1v) is 12.7. The number of imide groups is 1. The second kappa shape index (κ2) is 8.86. The highest BCUT2D eigenvalue weighted by atomic mass is 35.5. The second-order valence-electron chi connectivity index (χ2n) is 10.3. The molecule has 3 saturated heterocycles. The Morgan fingerprint density at radius 1 is 1.25 bits per heavy atom. The van der Waals surface area contributed by atoms with Gasteiger partial charge in [0.15, 0.2) is 0 Å². The van der Waals surface area contributed by atoms with Crippen LogP contribution in [-0.2, 0) is 20.5 Å². The first kappa shape index (κ1) is 26.4. The summed E-state index contributed by atoms with van der Waals surface area (Å²) in [5.41, 5.74) is -2.75. The molecular formula is C27H20ClF3N4O5. The number of benzene rings is 1. The first-order chi connectivity index (χ1) is 18.9. The lowest BCUT2D eigenvalue weighted by atomic mass is 9.66. The molecule has 6 rings (SSSR count). The van der Waals surface area contributed by atoms with Gasteiger partial charge in [-0.15, -0.1) is 0 Å². The van der Waals surface area contributed by atoms with E-state index in [0.29, 0.717) is 23.2 Å². The maximum absolute atomic E-state index is 13.9. The van der Waals surface area contributed by atoms with Crippen molar-refractivity contribution in [3.8, 4) is 11.9 Å². The van der Waals surface area contributed by atoms with Gasteiger partial charge in [0.05, 0.1) is 52.5 Å². The second-order valence-corrected chi connectivity index (χ2v) is 10.7. The zero-order chi connectivity index (χ0) is 28.6. The summed E-state index contributed by atoms with van der Waals surface area (Å²) >= 11 is 5.95. The van der Waals surface area contributed by atoms with Crippen molar-refractivity contribution in [2.75, 3.05) is 11.5 Å². The van der Waals surface area contributed by atoms with Gasteiger partial charge in [0, 0.05) is 30.6 Å². The molecule has 9 nitrogen and oxygen atoms in total. The third kappa shape index (κ3) is 3.68. The number of hydrogen-bond donors (Lipinski definition) is 1. The zero-order valence-corrected chi connectivity index (χ0v) is 21.5. The van der Waals surface area contributed by atoms with E-state index >= 15 is 0 Å². The number of aliphatic hydroxyl groups is 1. The van der Waals surface area contributed by atoms with E-state index in [1.807, 2.05) is 0 Å². The fourth-order valence-corrected chi connectivity index (χ4v) is 6.53. The van der Waals surface area contributed by atoms with E-state index in [-0.39, 0.29) is 41.6 Å². The lowest BCUT2D eigenvalue weighted by Gasteiger charge is -2.33. The first-order valence-electron chi connectivity index (χ1n) is 12.3. The number of aliphatic hydroxyl groups excluding tert-OH is 1. The summed E-state index contributed by atoms with van der Waals surface area (Å²) in [6, 6.07) is 9.07. The molecule has 5 unspecified atom stereocenters. The van der Waals surface area contributed by atoms with Gasteiger partial charge >= 0.3 is 6.18 Å². The van der Waals surface area contributed by atoms with Gasteiger partial charge < -0.3 is 14.6 Å². The van der Waals surface area contributed by atoms with Gasteiger partial charge in [-0.2, -0.15) is 18.4 Å². The van der Waals surface area contributed by atoms with Crippen molar-refractivity contribution < 1.29 is 37.3 Å². The smallest absolute Gasteiger partial charge is 0.417 e. The Hall–Kier alpha value is -3.79. The molecule has 2 bridgehead atoms. The molecule has 13 heteroatoms. The number of alkyl halides is 3. The highest BCUT2D eigenvalue weighted by Gasteiger charge is 2.77. The quantitative estimate of drug-likeness (QED) is 0.454. The van der Waals surface area contributed by atoms with Crippen molar-refractivity contribution in [2.45, 2.75) is 43.2 Å². The Morgan fingerprint density at radius 3 is 2.70 bits per heavy atom. The average Bonchev–Trinajstić information content (AvgIpc) is 3.44. The molecule has 1 N–H and O–H groups in total. The van der Waals surface area contributed by atoms with Crippen LogP contribution in [0.15, 0.2) is 42.7 Å². The summed E-state index contributed by atoms with van der Waals surface area (Å²) in [7, 11) is 0. The van der Waals surface area contributed by atoms with Crippen molar-refractivity contribution in [3.63, 3.8) is 0 Å². The summed E-state index contributed by atoms with van der Waals surface area (Å²) in [5.74, 6) is -3.23. The summed E-state index contributed by atoms with van der Waals surface area (Å²) in [6.45, 7) is 1.43. The number of carbonyl (C=O) groups excluding carboxylic acids is 2. The average molecular weight is 573 g/mol. The van der Waals surface area contributed by atoms with Crippen molar-refractivity contribution in [1.29, 1.82) is 5.26 Å². The molecule has 0 saturated carbocycles. The Bertz CT molecular complexity index is 1630. The maximum atomic E-state index is 13.9. The molecule has 3 aromatic rings. The number of carbonyl (C=O) groups is 2. The summed E-state index contributed by atoms with van der Waals surface area (Å²) < 4.78 is 50.6. The van der Waals surface area contributed by atoms with E-state index in [9.17, 15) is 33.1 Å². The van der Waals surface area contributed by atoms with E-state index in [1.54, 1.807) is 19.1 Å². The molecule has 5 atom stereocenters.